The minimum absolute atomic E-state index is 0.0240. The molecule has 3 aromatic carbocycles. The average Bonchev–Trinajstić information content (AvgIpc) is 3.13. The van der Waals surface area contributed by atoms with Gasteiger partial charge in [0, 0.05) is 12.1 Å². The van der Waals surface area contributed by atoms with Gasteiger partial charge in [-0.3, -0.25) is 9.59 Å². The maximum atomic E-state index is 13.4. The van der Waals surface area contributed by atoms with Gasteiger partial charge < -0.3 is 24.2 Å². The van der Waals surface area contributed by atoms with Crippen LogP contribution >= 0.6 is 23.2 Å². The molecular formula is C29H27Cl2NO6. The molecule has 1 heterocycles. The second kappa shape index (κ2) is 11.4. The number of rotatable bonds is 8. The zero-order valence-corrected chi connectivity index (χ0v) is 22.8. The number of aliphatic hydroxyl groups excluding tert-OH is 1. The van der Waals surface area contributed by atoms with Crippen LogP contribution in [-0.2, 0) is 16.1 Å². The number of ketones is 1. The number of hydrogen-bond donors (Lipinski definition) is 1. The Bertz CT molecular complexity index is 1380. The summed E-state index contributed by atoms with van der Waals surface area (Å²) in [6.07, 6.45) is -0.0240. The molecule has 0 saturated carbocycles. The van der Waals surface area contributed by atoms with Gasteiger partial charge in [-0.05, 0) is 61.4 Å². The maximum absolute atomic E-state index is 13.4. The summed E-state index contributed by atoms with van der Waals surface area (Å²) in [5, 5.41) is 11.7. The van der Waals surface area contributed by atoms with Gasteiger partial charge >= 0.3 is 0 Å². The van der Waals surface area contributed by atoms with E-state index in [1.54, 1.807) is 49.6 Å². The molecule has 1 aliphatic rings. The van der Waals surface area contributed by atoms with E-state index in [1.807, 2.05) is 19.9 Å². The van der Waals surface area contributed by atoms with Crippen molar-refractivity contribution in [3.8, 4) is 17.2 Å². The van der Waals surface area contributed by atoms with Gasteiger partial charge in [0.1, 0.15) is 17.3 Å². The number of amides is 1. The molecular weight excluding hydrogens is 529 g/mol. The number of halogens is 2. The van der Waals surface area contributed by atoms with Gasteiger partial charge in [0.25, 0.3) is 11.7 Å². The first kappa shape index (κ1) is 27.4. The van der Waals surface area contributed by atoms with Crippen molar-refractivity contribution in [2.24, 2.45) is 0 Å². The highest BCUT2D eigenvalue weighted by molar-refractivity contribution is 6.46. The van der Waals surface area contributed by atoms with Gasteiger partial charge in [-0.2, -0.15) is 0 Å². The number of hydrogen-bond acceptors (Lipinski definition) is 6. The molecule has 1 amide bonds. The first-order chi connectivity index (χ1) is 18.1. The van der Waals surface area contributed by atoms with Crippen LogP contribution < -0.4 is 14.2 Å². The highest BCUT2D eigenvalue weighted by Gasteiger charge is 2.46. The van der Waals surface area contributed by atoms with Crippen LogP contribution in [0.2, 0.25) is 10.0 Å². The smallest absolute Gasteiger partial charge is 0.295 e. The summed E-state index contributed by atoms with van der Waals surface area (Å²) in [5.74, 6) is -0.458. The zero-order chi connectivity index (χ0) is 27.6. The normalized spacial score (nSPS) is 16.7. The molecule has 0 radical (unpaired) electrons. The molecule has 9 heteroatoms. The van der Waals surface area contributed by atoms with Crippen molar-refractivity contribution in [1.29, 1.82) is 0 Å². The lowest BCUT2D eigenvalue weighted by atomic mass is 9.95. The van der Waals surface area contributed by atoms with E-state index < -0.39 is 23.5 Å². The van der Waals surface area contributed by atoms with E-state index in [0.717, 1.165) is 5.56 Å². The molecule has 3 aromatic rings. The topological polar surface area (TPSA) is 85.3 Å². The summed E-state index contributed by atoms with van der Waals surface area (Å²) in [4.78, 5) is 28.2. The molecule has 1 atom stereocenters. The van der Waals surface area contributed by atoms with Gasteiger partial charge in [0.2, 0.25) is 0 Å². The van der Waals surface area contributed by atoms with Crippen LogP contribution in [0.1, 0.15) is 36.6 Å². The Hall–Kier alpha value is -3.68. The number of nitrogens with zero attached hydrogens (tertiary/aromatic N) is 1. The lowest BCUT2D eigenvalue weighted by Crippen LogP contribution is -2.29. The average molecular weight is 556 g/mol. The van der Waals surface area contributed by atoms with Gasteiger partial charge in [0.15, 0.2) is 5.75 Å². The van der Waals surface area contributed by atoms with E-state index in [4.69, 9.17) is 37.4 Å². The van der Waals surface area contributed by atoms with Crippen molar-refractivity contribution >= 4 is 40.7 Å². The molecule has 198 valence electrons. The Morgan fingerprint density at radius 1 is 0.947 bits per heavy atom. The number of aliphatic hydroxyl groups is 1. The van der Waals surface area contributed by atoms with E-state index in [-0.39, 0.29) is 39.6 Å². The highest BCUT2D eigenvalue weighted by atomic mass is 35.5. The van der Waals surface area contributed by atoms with Gasteiger partial charge in [-0.15, -0.1) is 0 Å². The van der Waals surface area contributed by atoms with Crippen LogP contribution in [0.15, 0.2) is 66.2 Å². The van der Waals surface area contributed by atoms with Gasteiger partial charge in [-0.1, -0.05) is 47.5 Å². The van der Waals surface area contributed by atoms with Crippen molar-refractivity contribution in [2.75, 3.05) is 14.2 Å². The van der Waals surface area contributed by atoms with Crippen LogP contribution in [0.25, 0.3) is 5.76 Å². The molecule has 38 heavy (non-hydrogen) atoms. The number of benzene rings is 3. The van der Waals surface area contributed by atoms with Gasteiger partial charge in [-0.25, -0.2) is 0 Å². The standard InChI is InChI=1S/C29H27Cl2NO6/c1-16(2)38-20-10-8-18(9-11-20)25-24(26(33)19-13-22(30)28(37-4)23(31)14-19)27(34)29(35)32(25)15-17-6-5-7-21(12-17)36-3/h5-14,16,25,33H,15H2,1-4H3/b26-24+. The summed E-state index contributed by atoms with van der Waals surface area (Å²) >= 11 is 12.6. The molecule has 1 saturated heterocycles. The minimum Gasteiger partial charge on any atom is -0.507 e. The van der Waals surface area contributed by atoms with E-state index >= 15 is 0 Å². The van der Waals surface area contributed by atoms with Crippen LogP contribution in [0, 0.1) is 0 Å². The number of likely N-dealkylation sites (tertiary alicyclic amines) is 1. The predicted molar refractivity (Wildman–Crippen MR) is 146 cm³/mol. The Kier molecular flexibility index (Phi) is 8.19. The maximum Gasteiger partial charge on any atom is 0.295 e. The molecule has 1 N–H and O–H groups in total. The molecule has 1 aliphatic heterocycles. The highest BCUT2D eigenvalue weighted by Crippen LogP contribution is 2.43. The molecule has 7 nitrogen and oxygen atoms in total. The monoisotopic (exact) mass is 555 g/mol. The van der Waals surface area contributed by atoms with Crippen molar-refractivity contribution < 1.29 is 28.9 Å². The molecule has 1 unspecified atom stereocenters. The zero-order valence-electron chi connectivity index (χ0n) is 21.3. The predicted octanol–water partition coefficient (Wildman–Crippen LogP) is 6.42. The van der Waals surface area contributed by atoms with E-state index in [1.165, 1.54) is 24.1 Å². The fourth-order valence-electron chi connectivity index (χ4n) is 4.41. The minimum atomic E-state index is -0.881. The number of carbonyl (C=O) groups excluding carboxylic acids is 2. The van der Waals surface area contributed by atoms with Crippen molar-refractivity contribution in [1.82, 2.24) is 4.90 Å². The molecule has 1 fully saturated rings. The second-order valence-electron chi connectivity index (χ2n) is 8.99. The number of carbonyl (C=O) groups is 2. The lowest BCUT2D eigenvalue weighted by molar-refractivity contribution is -0.140. The van der Waals surface area contributed by atoms with Crippen molar-refractivity contribution in [3.05, 3.63) is 93.0 Å². The Morgan fingerprint density at radius 2 is 1.61 bits per heavy atom. The third-order valence-corrected chi connectivity index (χ3v) is 6.63. The SMILES string of the molecule is COc1cccc(CN2C(=O)C(=O)/C(=C(/O)c3cc(Cl)c(OC)c(Cl)c3)C2c2ccc(OC(C)C)cc2)c1. The Labute approximate surface area is 231 Å². The van der Waals surface area contributed by atoms with Crippen LogP contribution in [-0.4, -0.2) is 42.0 Å². The summed E-state index contributed by atoms with van der Waals surface area (Å²) in [6, 6.07) is 16.3. The first-order valence-corrected chi connectivity index (χ1v) is 12.6. The van der Waals surface area contributed by atoms with Crippen molar-refractivity contribution in [2.45, 2.75) is 32.5 Å². The third kappa shape index (κ3) is 5.44. The molecule has 0 spiro atoms. The Morgan fingerprint density at radius 3 is 2.18 bits per heavy atom. The third-order valence-electron chi connectivity index (χ3n) is 6.07. The molecule has 0 aliphatic carbocycles. The van der Waals surface area contributed by atoms with Crippen LogP contribution in [0.3, 0.4) is 0 Å². The van der Waals surface area contributed by atoms with Crippen molar-refractivity contribution in [3.63, 3.8) is 0 Å². The summed E-state index contributed by atoms with van der Waals surface area (Å²) in [6.45, 7) is 3.95. The second-order valence-corrected chi connectivity index (χ2v) is 9.80. The first-order valence-electron chi connectivity index (χ1n) is 11.9. The summed E-state index contributed by atoms with van der Waals surface area (Å²) in [7, 11) is 2.97. The fourth-order valence-corrected chi connectivity index (χ4v) is 5.05. The number of Topliss-reactive ketones (excluding diaryl/α,β-unsaturated/α-hetero) is 1. The molecule has 0 aromatic heterocycles. The summed E-state index contributed by atoms with van der Waals surface area (Å²) in [5.41, 5.74) is 1.49. The quantitative estimate of drug-likeness (QED) is 0.196. The van der Waals surface area contributed by atoms with Gasteiger partial charge in [0.05, 0.1) is 42.0 Å². The lowest BCUT2D eigenvalue weighted by Gasteiger charge is -2.26. The molecule has 4 rings (SSSR count). The van der Waals surface area contributed by atoms with Crippen LogP contribution in [0.4, 0.5) is 0 Å². The van der Waals surface area contributed by atoms with Crippen LogP contribution in [0.5, 0.6) is 17.2 Å². The number of methoxy groups -OCH3 is 2. The fraction of sp³-hybridized carbons (Fsp3) is 0.241. The van der Waals surface area contributed by atoms with E-state index in [0.29, 0.717) is 17.1 Å². The van der Waals surface area contributed by atoms with E-state index in [2.05, 4.69) is 0 Å². The number of ether oxygens (including phenoxy) is 3. The molecule has 0 bridgehead atoms. The largest absolute Gasteiger partial charge is 0.507 e. The summed E-state index contributed by atoms with van der Waals surface area (Å²) < 4.78 is 16.3. The Balaban J connectivity index is 1.85. The van der Waals surface area contributed by atoms with E-state index in [9.17, 15) is 14.7 Å².